The molecular formula is C12H20N2O. The molecule has 1 heterocycles. The van der Waals surface area contributed by atoms with Crippen molar-refractivity contribution >= 4 is 0 Å². The number of nitrogens with two attached hydrogens (primary N) is 1. The second kappa shape index (κ2) is 4.81. The van der Waals surface area contributed by atoms with E-state index in [1.54, 1.807) is 6.26 Å². The van der Waals surface area contributed by atoms with Crippen LogP contribution in [-0.2, 0) is 6.42 Å². The molecule has 3 atom stereocenters. The molecule has 3 heteroatoms. The van der Waals surface area contributed by atoms with Gasteiger partial charge >= 0.3 is 0 Å². The monoisotopic (exact) mass is 208 g/mol. The van der Waals surface area contributed by atoms with Crippen molar-refractivity contribution < 1.29 is 4.42 Å². The van der Waals surface area contributed by atoms with Gasteiger partial charge in [0.15, 0.2) is 0 Å². The lowest BCUT2D eigenvalue weighted by molar-refractivity contribution is 0.411. The summed E-state index contributed by atoms with van der Waals surface area (Å²) in [6.45, 7) is 2.20. The van der Waals surface area contributed by atoms with Gasteiger partial charge in [0.25, 0.3) is 0 Å². The molecule has 0 radical (unpaired) electrons. The van der Waals surface area contributed by atoms with Crippen molar-refractivity contribution in [2.24, 2.45) is 5.73 Å². The molecule has 0 spiro atoms. The van der Waals surface area contributed by atoms with Gasteiger partial charge in [0.1, 0.15) is 5.76 Å². The summed E-state index contributed by atoms with van der Waals surface area (Å²) >= 11 is 0. The number of hydrogen-bond donors (Lipinski definition) is 2. The third-order valence-corrected chi connectivity index (χ3v) is 3.08. The van der Waals surface area contributed by atoms with Crippen LogP contribution in [0.1, 0.15) is 31.9 Å². The largest absolute Gasteiger partial charge is 0.469 e. The molecule has 1 aliphatic carbocycles. The highest BCUT2D eigenvalue weighted by atomic mass is 16.3. The van der Waals surface area contributed by atoms with E-state index in [4.69, 9.17) is 10.2 Å². The van der Waals surface area contributed by atoms with Crippen molar-refractivity contribution in [3.05, 3.63) is 24.2 Å². The molecule has 0 aromatic carbocycles. The highest BCUT2D eigenvalue weighted by molar-refractivity contribution is 5.00. The summed E-state index contributed by atoms with van der Waals surface area (Å²) in [5.41, 5.74) is 5.88. The predicted molar refractivity (Wildman–Crippen MR) is 60.6 cm³/mol. The summed E-state index contributed by atoms with van der Waals surface area (Å²) < 4.78 is 5.33. The van der Waals surface area contributed by atoms with Crippen LogP contribution in [0.3, 0.4) is 0 Å². The van der Waals surface area contributed by atoms with Crippen LogP contribution in [0.15, 0.2) is 22.8 Å². The molecule has 0 bridgehead atoms. The van der Waals surface area contributed by atoms with E-state index in [0.717, 1.165) is 25.0 Å². The van der Waals surface area contributed by atoms with Crippen molar-refractivity contribution in [1.29, 1.82) is 0 Å². The van der Waals surface area contributed by atoms with Gasteiger partial charge in [-0.2, -0.15) is 0 Å². The summed E-state index contributed by atoms with van der Waals surface area (Å²) in [5.74, 6) is 1.05. The average Bonchev–Trinajstić information content (AvgIpc) is 2.77. The van der Waals surface area contributed by atoms with Gasteiger partial charge < -0.3 is 15.5 Å². The number of furan rings is 1. The van der Waals surface area contributed by atoms with Gasteiger partial charge in [-0.05, 0) is 38.3 Å². The van der Waals surface area contributed by atoms with Crippen LogP contribution in [0.4, 0.5) is 0 Å². The number of rotatable bonds is 4. The molecular weight excluding hydrogens is 188 g/mol. The third kappa shape index (κ3) is 3.08. The van der Waals surface area contributed by atoms with Crippen molar-refractivity contribution in [2.75, 3.05) is 0 Å². The highest BCUT2D eigenvalue weighted by Crippen LogP contribution is 2.18. The lowest BCUT2D eigenvalue weighted by Crippen LogP contribution is -2.36. The van der Waals surface area contributed by atoms with Gasteiger partial charge in [-0.3, -0.25) is 0 Å². The molecule has 0 amide bonds. The lowest BCUT2D eigenvalue weighted by atomic mass is 10.1. The van der Waals surface area contributed by atoms with Gasteiger partial charge in [-0.25, -0.2) is 0 Å². The van der Waals surface area contributed by atoms with E-state index in [9.17, 15) is 0 Å². The maximum absolute atomic E-state index is 5.88. The van der Waals surface area contributed by atoms with Crippen molar-refractivity contribution in [3.63, 3.8) is 0 Å². The van der Waals surface area contributed by atoms with Crippen LogP contribution >= 0.6 is 0 Å². The molecule has 3 nitrogen and oxygen atoms in total. The molecule has 0 aliphatic heterocycles. The normalized spacial score (nSPS) is 28.1. The van der Waals surface area contributed by atoms with E-state index in [-0.39, 0.29) is 0 Å². The molecule has 3 N–H and O–H groups in total. The first kappa shape index (κ1) is 10.7. The van der Waals surface area contributed by atoms with Crippen LogP contribution in [0.2, 0.25) is 0 Å². The Labute approximate surface area is 91.0 Å². The van der Waals surface area contributed by atoms with E-state index < -0.39 is 0 Å². The van der Waals surface area contributed by atoms with Gasteiger partial charge in [-0.15, -0.1) is 0 Å². The average molecular weight is 208 g/mol. The Kier molecular flexibility index (Phi) is 3.44. The van der Waals surface area contributed by atoms with Crippen molar-refractivity contribution in [3.8, 4) is 0 Å². The second-order valence-corrected chi connectivity index (χ2v) is 4.62. The van der Waals surface area contributed by atoms with Gasteiger partial charge in [0, 0.05) is 24.5 Å². The van der Waals surface area contributed by atoms with Gasteiger partial charge in [-0.1, -0.05) is 0 Å². The Morgan fingerprint density at radius 2 is 2.47 bits per heavy atom. The minimum Gasteiger partial charge on any atom is -0.469 e. The smallest absolute Gasteiger partial charge is 0.105 e. The lowest BCUT2D eigenvalue weighted by Gasteiger charge is -2.18. The Bertz CT molecular complexity index is 284. The Morgan fingerprint density at radius 3 is 3.07 bits per heavy atom. The van der Waals surface area contributed by atoms with E-state index in [0.29, 0.717) is 18.1 Å². The molecule has 84 valence electrons. The zero-order valence-corrected chi connectivity index (χ0v) is 9.28. The molecule has 2 rings (SSSR count). The van der Waals surface area contributed by atoms with Crippen LogP contribution < -0.4 is 11.1 Å². The van der Waals surface area contributed by atoms with Crippen LogP contribution in [0.5, 0.6) is 0 Å². The number of hydrogen-bond acceptors (Lipinski definition) is 3. The first-order chi connectivity index (χ1) is 7.24. The van der Waals surface area contributed by atoms with Crippen LogP contribution in [0, 0.1) is 0 Å². The molecule has 3 unspecified atom stereocenters. The van der Waals surface area contributed by atoms with E-state index >= 15 is 0 Å². The molecule has 1 aromatic rings. The maximum Gasteiger partial charge on any atom is 0.105 e. The fourth-order valence-electron chi connectivity index (χ4n) is 2.36. The summed E-state index contributed by atoms with van der Waals surface area (Å²) in [5, 5.41) is 3.61. The number of nitrogens with one attached hydrogen (secondary N) is 1. The quantitative estimate of drug-likeness (QED) is 0.791. The Morgan fingerprint density at radius 1 is 1.60 bits per heavy atom. The van der Waals surface area contributed by atoms with Crippen LogP contribution in [-0.4, -0.2) is 18.1 Å². The van der Waals surface area contributed by atoms with Crippen LogP contribution in [0.25, 0.3) is 0 Å². The van der Waals surface area contributed by atoms with E-state index in [2.05, 4.69) is 12.2 Å². The van der Waals surface area contributed by atoms with E-state index in [1.807, 2.05) is 12.1 Å². The summed E-state index contributed by atoms with van der Waals surface area (Å²) in [7, 11) is 0. The molecule has 0 saturated heterocycles. The molecule has 1 saturated carbocycles. The SMILES string of the molecule is CC(Cc1ccco1)NC1CCC(N)C1. The summed E-state index contributed by atoms with van der Waals surface area (Å²) in [6.07, 6.45) is 6.17. The topological polar surface area (TPSA) is 51.2 Å². The minimum atomic E-state index is 0.401. The fourth-order valence-corrected chi connectivity index (χ4v) is 2.36. The standard InChI is InChI=1S/C12H20N2O/c1-9(7-12-3-2-6-15-12)14-11-5-4-10(13)8-11/h2-3,6,9-11,14H,4-5,7-8,13H2,1H3. The zero-order chi connectivity index (χ0) is 10.7. The molecule has 1 aliphatic rings. The van der Waals surface area contributed by atoms with E-state index in [1.165, 1.54) is 6.42 Å². The molecule has 1 fully saturated rings. The van der Waals surface area contributed by atoms with Gasteiger partial charge in [0.2, 0.25) is 0 Å². The second-order valence-electron chi connectivity index (χ2n) is 4.62. The van der Waals surface area contributed by atoms with Crippen molar-refractivity contribution in [1.82, 2.24) is 5.32 Å². The fraction of sp³-hybridized carbons (Fsp3) is 0.667. The summed E-state index contributed by atoms with van der Waals surface area (Å²) in [4.78, 5) is 0. The van der Waals surface area contributed by atoms with Crippen molar-refractivity contribution in [2.45, 2.75) is 50.7 Å². The minimum absolute atomic E-state index is 0.401. The van der Waals surface area contributed by atoms with Gasteiger partial charge in [0.05, 0.1) is 6.26 Å². The first-order valence-electron chi connectivity index (χ1n) is 5.78. The Balaban J connectivity index is 1.75. The molecule has 15 heavy (non-hydrogen) atoms. The predicted octanol–water partition coefficient (Wildman–Crippen LogP) is 1.68. The summed E-state index contributed by atoms with van der Waals surface area (Å²) in [6, 6.07) is 5.43. The highest BCUT2D eigenvalue weighted by Gasteiger charge is 2.22. The molecule has 1 aromatic heterocycles. The maximum atomic E-state index is 5.88. The zero-order valence-electron chi connectivity index (χ0n) is 9.28. The first-order valence-corrected chi connectivity index (χ1v) is 5.78. The third-order valence-electron chi connectivity index (χ3n) is 3.08. The Hall–Kier alpha value is -0.800.